The lowest BCUT2D eigenvalue weighted by Gasteiger charge is -2.18. The lowest BCUT2D eigenvalue weighted by atomic mass is 10.1. The summed E-state index contributed by atoms with van der Waals surface area (Å²) in [5, 5.41) is 10.2. The fourth-order valence-electron chi connectivity index (χ4n) is 1.37. The highest BCUT2D eigenvalue weighted by Gasteiger charge is 2.22. The maximum Gasteiger partial charge on any atom is 0.269 e. The van der Waals surface area contributed by atoms with E-state index in [0.29, 0.717) is 0 Å². The fourth-order valence-corrected chi connectivity index (χ4v) is 2.40. The van der Waals surface area contributed by atoms with Gasteiger partial charge in [0.1, 0.15) is 0 Å². The molecule has 0 aromatic heterocycles. The van der Waals surface area contributed by atoms with Crippen molar-refractivity contribution < 1.29 is 9.72 Å². The van der Waals surface area contributed by atoms with Crippen LogP contribution in [0.2, 0.25) is 0 Å². The Morgan fingerprint density at radius 1 is 1.39 bits per heavy atom. The van der Waals surface area contributed by atoms with Gasteiger partial charge in [-0.1, -0.05) is 13.8 Å². The fraction of sp³-hybridized carbons (Fsp3) is 0.364. The molecule has 1 unspecified atom stereocenters. The van der Waals surface area contributed by atoms with Crippen LogP contribution in [0.4, 0.5) is 5.69 Å². The highest BCUT2D eigenvalue weighted by atomic mass is 32.2. The second kappa shape index (κ2) is 6.36. The molecule has 0 bridgehead atoms. The molecular formula is C11H15N3O3S. The second-order valence-electron chi connectivity index (χ2n) is 4.04. The predicted octanol–water partition coefficient (Wildman–Crippen LogP) is 1.70. The molecule has 0 aliphatic carbocycles. The van der Waals surface area contributed by atoms with Gasteiger partial charge in [0.05, 0.1) is 10.2 Å². The molecule has 98 valence electrons. The van der Waals surface area contributed by atoms with E-state index in [2.05, 4.69) is 5.43 Å². The Kier molecular flexibility index (Phi) is 5.11. The monoisotopic (exact) mass is 269 g/mol. The zero-order chi connectivity index (χ0) is 13.7. The van der Waals surface area contributed by atoms with E-state index in [1.807, 2.05) is 13.8 Å². The van der Waals surface area contributed by atoms with Crippen molar-refractivity contribution in [1.82, 2.24) is 5.43 Å². The number of non-ortho nitro benzene ring substituents is 1. The van der Waals surface area contributed by atoms with Gasteiger partial charge < -0.3 is 0 Å². The molecule has 1 atom stereocenters. The van der Waals surface area contributed by atoms with Gasteiger partial charge >= 0.3 is 0 Å². The number of nitrogens with one attached hydrogen (secondary N) is 1. The summed E-state index contributed by atoms with van der Waals surface area (Å²) in [4.78, 5) is 22.4. The number of rotatable bonds is 5. The number of benzene rings is 1. The molecule has 0 saturated carbocycles. The van der Waals surface area contributed by atoms with Crippen molar-refractivity contribution in [3.8, 4) is 0 Å². The molecular weight excluding hydrogens is 254 g/mol. The zero-order valence-electron chi connectivity index (χ0n) is 10.1. The van der Waals surface area contributed by atoms with Crippen LogP contribution in [-0.4, -0.2) is 16.1 Å². The molecule has 7 heteroatoms. The van der Waals surface area contributed by atoms with Crippen molar-refractivity contribution >= 4 is 23.4 Å². The number of carbonyl (C=O) groups excluding carboxylic acids is 1. The highest BCUT2D eigenvalue weighted by Crippen LogP contribution is 2.29. The molecule has 0 radical (unpaired) electrons. The van der Waals surface area contributed by atoms with E-state index in [-0.39, 0.29) is 22.8 Å². The molecule has 0 aliphatic rings. The molecule has 1 aromatic rings. The number of hydrazine groups is 1. The van der Waals surface area contributed by atoms with E-state index in [4.69, 9.17) is 5.84 Å². The largest absolute Gasteiger partial charge is 0.293 e. The van der Waals surface area contributed by atoms with Gasteiger partial charge in [0.2, 0.25) is 5.91 Å². The van der Waals surface area contributed by atoms with Crippen LogP contribution in [0.3, 0.4) is 0 Å². The van der Waals surface area contributed by atoms with Crippen molar-refractivity contribution in [2.75, 3.05) is 0 Å². The second-order valence-corrected chi connectivity index (χ2v) is 5.26. The Morgan fingerprint density at radius 2 is 1.94 bits per heavy atom. The third-order valence-corrected chi connectivity index (χ3v) is 3.87. The lowest BCUT2D eigenvalue weighted by molar-refractivity contribution is -0.384. The minimum atomic E-state index is -0.457. The van der Waals surface area contributed by atoms with E-state index in [0.717, 1.165) is 4.90 Å². The van der Waals surface area contributed by atoms with Crippen LogP contribution in [0.1, 0.15) is 13.8 Å². The van der Waals surface area contributed by atoms with Gasteiger partial charge in [0.25, 0.3) is 5.69 Å². The van der Waals surface area contributed by atoms with Gasteiger partial charge in [0, 0.05) is 17.0 Å². The average Bonchev–Trinajstić information content (AvgIpc) is 2.35. The van der Waals surface area contributed by atoms with E-state index in [1.165, 1.54) is 23.9 Å². The van der Waals surface area contributed by atoms with Crippen molar-refractivity contribution in [3.05, 3.63) is 34.4 Å². The Labute approximate surface area is 109 Å². The summed E-state index contributed by atoms with van der Waals surface area (Å²) in [5.74, 6) is 4.98. The molecule has 3 N–H and O–H groups in total. The van der Waals surface area contributed by atoms with E-state index >= 15 is 0 Å². The maximum atomic E-state index is 11.6. The number of hydrogen-bond acceptors (Lipinski definition) is 5. The average molecular weight is 269 g/mol. The van der Waals surface area contributed by atoms with Crippen molar-refractivity contribution in [2.45, 2.75) is 24.0 Å². The summed E-state index contributed by atoms with van der Waals surface area (Å²) in [5.41, 5.74) is 2.16. The third kappa shape index (κ3) is 3.71. The molecule has 0 heterocycles. The van der Waals surface area contributed by atoms with Crippen LogP contribution in [0.25, 0.3) is 0 Å². The molecule has 18 heavy (non-hydrogen) atoms. The van der Waals surface area contributed by atoms with Gasteiger partial charge in [-0.3, -0.25) is 20.3 Å². The Morgan fingerprint density at radius 3 is 2.33 bits per heavy atom. The predicted molar refractivity (Wildman–Crippen MR) is 69.9 cm³/mol. The smallest absolute Gasteiger partial charge is 0.269 e. The normalized spacial score (nSPS) is 12.2. The van der Waals surface area contributed by atoms with Crippen molar-refractivity contribution in [3.63, 3.8) is 0 Å². The van der Waals surface area contributed by atoms with Crippen LogP contribution in [0, 0.1) is 16.0 Å². The minimum absolute atomic E-state index is 0.0312. The number of carbonyl (C=O) groups is 1. The van der Waals surface area contributed by atoms with Gasteiger partial charge in [-0.25, -0.2) is 5.84 Å². The summed E-state index contributed by atoms with van der Waals surface area (Å²) >= 11 is 1.34. The first-order valence-electron chi connectivity index (χ1n) is 5.37. The Balaban J connectivity index is 2.81. The molecule has 1 rings (SSSR count). The summed E-state index contributed by atoms with van der Waals surface area (Å²) in [7, 11) is 0. The molecule has 0 saturated heterocycles. The quantitative estimate of drug-likeness (QED) is 0.279. The van der Waals surface area contributed by atoms with E-state index in [9.17, 15) is 14.9 Å². The number of nitrogens with two attached hydrogens (primary N) is 1. The Hall–Kier alpha value is -1.60. The van der Waals surface area contributed by atoms with Gasteiger partial charge in [0.15, 0.2) is 0 Å². The SMILES string of the molecule is CC(C)C(Sc1ccc([N+](=O)[O-])cc1)C(=O)NN. The number of thioether (sulfide) groups is 1. The summed E-state index contributed by atoms with van der Waals surface area (Å²) in [6.45, 7) is 3.83. The molecule has 0 fully saturated rings. The summed E-state index contributed by atoms with van der Waals surface area (Å²) in [6.07, 6.45) is 0. The number of nitro groups is 1. The van der Waals surface area contributed by atoms with Gasteiger partial charge in [-0.05, 0) is 18.1 Å². The van der Waals surface area contributed by atoms with Gasteiger partial charge in [-0.15, -0.1) is 11.8 Å². The van der Waals surface area contributed by atoms with E-state index < -0.39 is 4.92 Å². The first kappa shape index (κ1) is 14.5. The number of nitro benzene ring substituents is 1. The molecule has 6 nitrogen and oxygen atoms in total. The first-order chi connectivity index (χ1) is 8.45. The maximum absolute atomic E-state index is 11.6. The topological polar surface area (TPSA) is 98.3 Å². The molecule has 0 spiro atoms. The van der Waals surface area contributed by atoms with Crippen LogP contribution >= 0.6 is 11.8 Å². The van der Waals surface area contributed by atoms with E-state index in [1.54, 1.807) is 12.1 Å². The molecule has 0 aliphatic heterocycles. The zero-order valence-corrected chi connectivity index (χ0v) is 10.9. The standard InChI is InChI=1S/C11H15N3O3S/c1-7(2)10(11(15)13-12)18-9-5-3-8(4-6-9)14(16)17/h3-7,10H,12H2,1-2H3,(H,13,15). The first-order valence-corrected chi connectivity index (χ1v) is 6.25. The van der Waals surface area contributed by atoms with Gasteiger partial charge in [-0.2, -0.15) is 0 Å². The Bertz CT molecular complexity index is 434. The third-order valence-electron chi connectivity index (χ3n) is 2.32. The summed E-state index contributed by atoms with van der Waals surface area (Å²) < 4.78 is 0. The number of amides is 1. The number of hydrogen-bond donors (Lipinski definition) is 2. The molecule has 1 aromatic carbocycles. The molecule has 1 amide bonds. The minimum Gasteiger partial charge on any atom is -0.293 e. The van der Waals surface area contributed by atoms with Crippen LogP contribution in [-0.2, 0) is 4.79 Å². The van der Waals surface area contributed by atoms with Crippen molar-refractivity contribution in [1.29, 1.82) is 0 Å². The summed E-state index contributed by atoms with van der Waals surface area (Å²) in [6, 6.07) is 6.09. The van der Waals surface area contributed by atoms with Crippen molar-refractivity contribution in [2.24, 2.45) is 11.8 Å². The highest BCUT2D eigenvalue weighted by molar-refractivity contribution is 8.00. The van der Waals surface area contributed by atoms with Crippen LogP contribution in [0.15, 0.2) is 29.2 Å². The lowest BCUT2D eigenvalue weighted by Crippen LogP contribution is -2.39. The number of nitrogens with zero attached hydrogens (tertiary/aromatic N) is 1. The van der Waals surface area contributed by atoms with Crippen LogP contribution in [0.5, 0.6) is 0 Å². The van der Waals surface area contributed by atoms with Crippen LogP contribution < -0.4 is 11.3 Å².